The second-order valence-corrected chi connectivity index (χ2v) is 4.12. The SMILES string of the molecule is CC(NC(=O)c1ccc(N)cc1F)(C(=O)O)C(F)(F)F. The summed E-state index contributed by atoms with van der Waals surface area (Å²) >= 11 is 0. The Balaban J connectivity index is 3.13. The zero-order chi connectivity index (χ0) is 15.7. The van der Waals surface area contributed by atoms with Gasteiger partial charge in [-0.05, 0) is 25.1 Å². The maximum atomic E-state index is 13.4. The van der Waals surface area contributed by atoms with Gasteiger partial charge in [-0.25, -0.2) is 9.18 Å². The number of carbonyl (C=O) groups is 2. The van der Waals surface area contributed by atoms with Crippen LogP contribution in [0.5, 0.6) is 0 Å². The molecule has 110 valence electrons. The molecule has 20 heavy (non-hydrogen) atoms. The van der Waals surface area contributed by atoms with Gasteiger partial charge in [0.05, 0.1) is 5.56 Å². The Hall–Kier alpha value is -2.32. The highest BCUT2D eigenvalue weighted by molar-refractivity contribution is 5.98. The molecule has 0 heterocycles. The largest absolute Gasteiger partial charge is 0.479 e. The predicted molar refractivity (Wildman–Crippen MR) is 60.4 cm³/mol. The molecule has 0 aromatic heterocycles. The molecule has 0 saturated heterocycles. The first-order chi connectivity index (χ1) is 8.99. The third-order valence-corrected chi connectivity index (χ3v) is 2.60. The number of anilines is 1. The van der Waals surface area contributed by atoms with Crippen LogP contribution in [0.3, 0.4) is 0 Å². The number of alkyl halides is 3. The first-order valence-electron chi connectivity index (χ1n) is 5.16. The van der Waals surface area contributed by atoms with Gasteiger partial charge in [0.2, 0.25) is 5.54 Å². The van der Waals surface area contributed by atoms with Crippen molar-refractivity contribution in [3.8, 4) is 0 Å². The minimum absolute atomic E-state index is 0.0316. The van der Waals surface area contributed by atoms with Gasteiger partial charge in [0, 0.05) is 5.69 Å². The maximum absolute atomic E-state index is 13.4. The molecule has 1 unspecified atom stereocenters. The van der Waals surface area contributed by atoms with E-state index < -0.39 is 35.0 Å². The van der Waals surface area contributed by atoms with Crippen LogP contribution in [0.2, 0.25) is 0 Å². The summed E-state index contributed by atoms with van der Waals surface area (Å²) in [7, 11) is 0. The van der Waals surface area contributed by atoms with Gasteiger partial charge in [-0.15, -0.1) is 0 Å². The van der Waals surface area contributed by atoms with Crippen LogP contribution in [0.1, 0.15) is 17.3 Å². The van der Waals surface area contributed by atoms with E-state index in [2.05, 4.69) is 0 Å². The highest BCUT2D eigenvalue weighted by Crippen LogP contribution is 2.30. The van der Waals surface area contributed by atoms with Crippen LogP contribution < -0.4 is 11.1 Å². The number of nitrogens with two attached hydrogens (primary N) is 1. The van der Waals surface area contributed by atoms with Gasteiger partial charge in [-0.3, -0.25) is 4.79 Å². The number of hydrogen-bond donors (Lipinski definition) is 3. The fourth-order valence-corrected chi connectivity index (χ4v) is 1.26. The molecule has 0 bridgehead atoms. The Morgan fingerprint density at radius 2 is 1.85 bits per heavy atom. The van der Waals surface area contributed by atoms with Crippen molar-refractivity contribution < 1.29 is 32.3 Å². The fraction of sp³-hybridized carbons (Fsp3) is 0.273. The van der Waals surface area contributed by atoms with Crippen molar-refractivity contribution >= 4 is 17.6 Å². The number of aliphatic carboxylic acids is 1. The van der Waals surface area contributed by atoms with Gasteiger partial charge >= 0.3 is 12.1 Å². The molecular formula is C11H10F4N2O3. The number of carbonyl (C=O) groups excluding carboxylic acids is 1. The van der Waals surface area contributed by atoms with Crippen LogP contribution in [-0.4, -0.2) is 28.7 Å². The van der Waals surface area contributed by atoms with Crippen LogP contribution >= 0.6 is 0 Å². The summed E-state index contributed by atoms with van der Waals surface area (Å²) in [5.74, 6) is -4.98. The lowest BCUT2D eigenvalue weighted by Gasteiger charge is -2.28. The van der Waals surface area contributed by atoms with E-state index in [1.165, 1.54) is 5.32 Å². The van der Waals surface area contributed by atoms with E-state index in [9.17, 15) is 27.2 Å². The summed E-state index contributed by atoms with van der Waals surface area (Å²) in [5.41, 5.74) is 0.925. The number of amides is 1. The van der Waals surface area contributed by atoms with Crippen molar-refractivity contribution in [1.82, 2.24) is 5.32 Å². The number of halogens is 4. The number of nitrogens with one attached hydrogen (secondary N) is 1. The Morgan fingerprint density at radius 1 is 1.30 bits per heavy atom. The number of carboxylic acid groups (broad SMARTS) is 1. The van der Waals surface area contributed by atoms with Crippen molar-refractivity contribution in [2.75, 3.05) is 5.73 Å². The van der Waals surface area contributed by atoms with Crippen molar-refractivity contribution in [3.63, 3.8) is 0 Å². The van der Waals surface area contributed by atoms with Crippen molar-refractivity contribution in [3.05, 3.63) is 29.6 Å². The summed E-state index contributed by atoms with van der Waals surface area (Å²) in [6.07, 6.45) is -5.25. The Morgan fingerprint density at radius 3 is 2.25 bits per heavy atom. The molecule has 0 aliphatic carbocycles. The number of benzene rings is 1. The number of rotatable bonds is 3. The van der Waals surface area contributed by atoms with E-state index in [0.29, 0.717) is 0 Å². The molecule has 9 heteroatoms. The van der Waals surface area contributed by atoms with Crippen molar-refractivity contribution in [2.45, 2.75) is 18.6 Å². The first kappa shape index (κ1) is 15.7. The summed E-state index contributed by atoms with van der Waals surface area (Å²) in [5, 5.41) is 9.89. The van der Waals surface area contributed by atoms with Gasteiger partial charge < -0.3 is 16.2 Å². The second-order valence-electron chi connectivity index (χ2n) is 4.12. The lowest BCUT2D eigenvalue weighted by Crippen LogP contribution is -2.62. The lowest BCUT2D eigenvalue weighted by molar-refractivity contribution is -0.203. The quantitative estimate of drug-likeness (QED) is 0.582. The molecule has 1 aromatic carbocycles. The van der Waals surface area contributed by atoms with E-state index in [0.717, 1.165) is 18.2 Å². The molecule has 1 atom stereocenters. The van der Waals surface area contributed by atoms with Crippen LogP contribution in [0.25, 0.3) is 0 Å². The van der Waals surface area contributed by atoms with Crippen LogP contribution in [0, 0.1) is 5.82 Å². The van der Waals surface area contributed by atoms with E-state index in [1.807, 2.05) is 0 Å². The smallest absolute Gasteiger partial charge is 0.422 e. The molecule has 0 radical (unpaired) electrons. The van der Waals surface area contributed by atoms with E-state index in [1.54, 1.807) is 0 Å². The minimum atomic E-state index is -5.25. The maximum Gasteiger partial charge on any atom is 0.422 e. The summed E-state index contributed by atoms with van der Waals surface area (Å²) < 4.78 is 51.5. The molecule has 0 saturated carbocycles. The topological polar surface area (TPSA) is 92.4 Å². The molecule has 1 rings (SSSR count). The van der Waals surface area contributed by atoms with E-state index >= 15 is 0 Å². The summed E-state index contributed by atoms with van der Waals surface area (Å²) in [4.78, 5) is 22.3. The van der Waals surface area contributed by atoms with Crippen LogP contribution in [-0.2, 0) is 4.79 Å². The highest BCUT2D eigenvalue weighted by atomic mass is 19.4. The van der Waals surface area contributed by atoms with Gasteiger partial charge in [-0.2, -0.15) is 13.2 Å². The van der Waals surface area contributed by atoms with Gasteiger partial charge in [0.15, 0.2) is 0 Å². The average molecular weight is 294 g/mol. The highest BCUT2D eigenvalue weighted by Gasteiger charge is 2.58. The third-order valence-electron chi connectivity index (χ3n) is 2.60. The van der Waals surface area contributed by atoms with Crippen LogP contribution in [0.15, 0.2) is 18.2 Å². The summed E-state index contributed by atoms with van der Waals surface area (Å²) in [6, 6.07) is 2.70. The van der Waals surface area contributed by atoms with Gasteiger partial charge in [-0.1, -0.05) is 0 Å². The number of carboxylic acids is 1. The Labute approximate surface area is 110 Å². The fourth-order valence-electron chi connectivity index (χ4n) is 1.26. The molecule has 5 nitrogen and oxygen atoms in total. The van der Waals surface area contributed by atoms with Crippen LogP contribution in [0.4, 0.5) is 23.2 Å². The van der Waals surface area contributed by atoms with E-state index in [4.69, 9.17) is 10.8 Å². The molecule has 0 aliphatic rings. The predicted octanol–water partition coefficient (Wildman–Crippen LogP) is 1.54. The molecule has 1 aromatic rings. The molecule has 0 fully saturated rings. The molecule has 0 aliphatic heterocycles. The average Bonchev–Trinajstić information content (AvgIpc) is 2.26. The number of nitrogen functional groups attached to an aromatic ring is 1. The normalized spacial score (nSPS) is 14.4. The molecular weight excluding hydrogens is 284 g/mol. The standard InChI is InChI=1S/C11H10F4N2O3/c1-10(9(19)20,11(13,14)15)17-8(18)6-3-2-5(16)4-7(6)12/h2-4H,16H2,1H3,(H,17,18)(H,19,20). The molecule has 4 N–H and O–H groups in total. The van der Waals surface area contributed by atoms with Crippen molar-refractivity contribution in [1.29, 1.82) is 0 Å². The molecule has 1 amide bonds. The Kier molecular flexibility index (Phi) is 3.92. The summed E-state index contributed by atoms with van der Waals surface area (Å²) in [6.45, 7) is 0.266. The van der Waals surface area contributed by atoms with Gasteiger partial charge in [0.1, 0.15) is 5.82 Å². The van der Waals surface area contributed by atoms with Gasteiger partial charge in [0.25, 0.3) is 5.91 Å². The Bertz CT molecular complexity index is 559. The van der Waals surface area contributed by atoms with Crippen molar-refractivity contribution in [2.24, 2.45) is 0 Å². The zero-order valence-corrected chi connectivity index (χ0v) is 10.1. The first-order valence-corrected chi connectivity index (χ1v) is 5.16. The second kappa shape index (κ2) is 4.99. The van der Waals surface area contributed by atoms with E-state index in [-0.39, 0.29) is 12.6 Å². The third kappa shape index (κ3) is 2.81. The minimum Gasteiger partial charge on any atom is -0.479 e. The zero-order valence-electron chi connectivity index (χ0n) is 10.1. The number of hydrogen-bond acceptors (Lipinski definition) is 3. The molecule has 0 spiro atoms. The lowest BCUT2D eigenvalue weighted by atomic mass is 10.0. The monoisotopic (exact) mass is 294 g/mol.